The van der Waals surface area contributed by atoms with Crippen LogP contribution in [0.1, 0.15) is 0 Å². The van der Waals surface area contributed by atoms with Gasteiger partial charge in [0, 0.05) is 17.1 Å². The number of nitrogens with two attached hydrogens (primary N) is 1. The first kappa shape index (κ1) is 16.7. The molecule has 1 saturated heterocycles. The summed E-state index contributed by atoms with van der Waals surface area (Å²) in [5.74, 6) is -1.16. The number of hydrogen-bond donors (Lipinski definition) is 4. The molecule has 5 N–H and O–H groups in total. The van der Waals surface area contributed by atoms with E-state index in [1.165, 1.54) is 11.8 Å². The van der Waals surface area contributed by atoms with Gasteiger partial charge >= 0.3 is 0 Å². The zero-order valence-electron chi connectivity index (χ0n) is 13.9. The van der Waals surface area contributed by atoms with Gasteiger partial charge in [-0.05, 0) is 24.3 Å². The molecule has 2 aliphatic rings. The maximum Gasteiger partial charge on any atom is 0.255 e. The van der Waals surface area contributed by atoms with Crippen molar-refractivity contribution in [3.8, 4) is 0 Å². The third-order valence-corrected chi connectivity index (χ3v) is 5.66. The second-order valence-electron chi connectivity index (χ2n) is 6.17. The molecule has 2 aliphatic heterocycles. The van der Waals surface area contributed by atoms with Crippen LogP contribution in [-0.4, -0.2) is 29.9 Å². The Kier molecular flexibility index (Phi) is 4.44. The Bertz CT molecular complexity index is 806. The van der Waals surface area contributed by atoms with E-state index in [2.05, 4.69) is 16.1 Å². The topological polar surface area (TPSA) is 99.5 Å². The van der Waals surface area contributed by atoms with Crippen LogP contribution in [0.25, 0.3) is 0 Å². The molecular weight excluding hydrogens is 350 g/mol. The molecule has 0 bridgehead atoms. The number of hydrazine groups is 1. The van der Waals surface area contributed by atoms with Gasteiger partial charge < -0.3 is 16.4 Å². The summed E-state index contributed by atoms with van der Waals surface area (Å²) in [6.45, 7) is 0.376. The molecule has 1 fully saturated rings. The average molecular weight is 369 g/mol. The first-order valence-electron chi connectivity index (χ1n) is 8.33. The average Bonchev–Trinajstić information content (AvgIpc) is 3.26. The number of carbonyl (C=O) groups is 2. The molecule has 2 amide bonds. The molecule has 2 aromatic rings. The SMILES string of the molecule is NC(=O)C1CNN(c2ccccc2)C1NC(=O)C1Nc2ccccc2S1. The minimum atomic E-state index is -0.548. The highest BCUT2D eigenvalue weighted by molar-refractivity contribution is 8.01. The number of fused-ring (bicyclic) bond motifs is 1. The lowest BCUT2D eigenvalue weighted by atomic mass is 10.1. The van der Waals surface area contributed by atoms with E-state index in [9.17, 15) is 9.59 Å². The van der Waals surface area contributed by atoms with E-state index in [1.807, 2.05) is 54.6 Å². The smallest absolute Gasteiger partial charge is 0.255 e. The van der Waals surface area contributed by atoms with Gasteiger partial charge in [0.2, 0.25) is 5.91 Å². The van der Waals surface area contributed by atoms with Gasteiger partial charge in [-0.1, -0.05) is 42.1 Å². The van der Waals surface area contributed by atoms with E-state index >= 15 is 0 Å². The molecule has 3 atom stereocenters. The van der Waals surface area contributed by atoms with E-state index in [4.69, 9.17) is 5.73 Å². The summed E-state index contributed by atoms with van der Waals surface area (Å²) in [6, 6.07) is 17.3. The lowest BCUT2D eigenvalue weighted by molar-refractivity contribution is -0.123. The number of carbonyl (C=O) groups excluding carboxylic acids is 2. The second kappa shape index (κ2) is 6.89. The van der Waals surface area contributed by atoms with Crippen LogP contribution in [0.15, 0.2) is 59.5 Å². The normalized spacial score (nSPS) is 24.0. The first-order chi connectivity index (χ1) is 12.6. The van der Waals surface area contributed by atoms with Crippen molar-refractivity contribution in [2.24, 2.45) is 11.7 Å². The van der Waals surface area contributed by atoms with Crippen LogP contribution in [0.5, 0.6) is 0 Å². The Balaban J connectivity index is 1.52. The highest BCUT2D eigenvalue weighted by atomic mass is 32.2. The maximum atomic E-state index is 12.8. The number of nitrogens with one attached hydrogen (secondary N) is 3. The van der Waals surface area contributed by atoms with Gasteiger partial charge in [-0.3, -0.25) is 14.6 Å². The lowest BCUT2D eigenvalue weighted by Gasteiger charge is -2.29. The van der Waals surface area contributed by atoms with Crippen molar-refractivity contribution in [1.82, 2.24) is 10.7 Å². The van der Waals surface area contributed by atoms with E-state index in [1.54, 1.807) is 5.01 Å². The predicted molar refractivity (Wildman–Crippen MR) is 101 cm³/mol. The number of rotatable bonds is 4. The summed E-state index contributed by atoms with van der Waals surface area (Å²) in [5.41, 5.74) is 10.5. The summed E-state index contributed by atoms with van der Waals surface area (Å²) >= 11 is 1.46. The summed E-state index contributed by atoms with van der Waals surface area (Å²) < 4.78 is 0. The number of anilines is 2. The molecule has 4 rings (SSSR count). The quantitative estimate of drug-likeness (QED) is 0.644. The number of para-hydroxylation sites is 2. The minimum Gasteiger partial charge on any atom is -0.369 e. The zero-order chi connectivity index (χ0) is 18.1. The van der Waals surface area contributed by atoms with Gasteiger partial charge in [-0.15, -0.1) is 0 Å². The predicted octanol–water partition coefficient (Wildman–Crippen LogP) is 1.10. The van der Waals surface area contributed by atoms with E-state index in [-0.39, 0.29) is 5.91 Å². The second-order valence-corrected chi connectivity index (χ2v) is 7.32. The zero-order valence-corrected chi connectivity index (χ0v) is 14.7. The summed E-state index contributed by atoms with van der Waals surface area (Å²) in [7, 11) is 0. The van der Waals surface area contributed by atoms with Crippen molar-refractivity contribution < 1.29 is 9.59 Å². The molecule has 0 radical (unpaired) electrons. The molecule has 26 heavy (non-hydrogen) atoms. The highest BCUT2D eigenvalue weighted by Crippen LogP contribution is 2.38. The van der Waals surface area contributed by atoms with Crippen LogP contribution < -0.4 is 26.8 Å². The summed E-state index contributed by atoms with van der Waals surface area (Å²) in [4.78, 5) is 25.7. The molecule has 0 aliphatic carbocycles. The summed E-state index contributed by atoms with van der Waals surface area (Å²) in [6.07, 6.45) is -0.548. The molecule has 3 unspecified atom stereocenters. The molecule has 2 heterocycles. The van der Waals surface area contributed by atoms with Crippen molar-refractivity contribution in [3.05, 3.63) is 54.6 Å². The molecule has 8 heteroatoms. The van der Waals surface area contributed by atoms with Crippen molar-refractivity contribution in [2.75, 3.05) is 16.9 Å². The molecule has 0 spiro atoms. The van der Waals surface area contributed by atoms with E-state index in [0.29, 0.717) is 6.54 Å². The van der Waals surface area contributed by atoms with Crippen LogP contribution >= 0.6 is 11.8 Å². The van der Waals surface area contributed by atoms with Crippen LogP contribution in [0.3, 0.4) is 0 Å². The first-order valence-corrected chi connectivity index (χ1v) is 9.21. The van der Waals surface area contributed by atoms with Crippen molar-refractivity contribution in [1.29, 1.82) is 0 Å². The monoisotopic (exact) mass is 369 g/mol. The van der Waals surface area contributed by atoms with Gasteiger partial charge in [0.25, 0.3) is 5.91 Å². The number of hydrogen-bond acceptors (Lipinski definition) is 6. The van der Waals surface area contributed by atoms with Gasteiger partial charge in [-0.25, -0.2) is 5.43 Å². The minimum absolute atomic E-state index is 0.188. The van der Waals surface area contributed by atoms with Crippen LogP contribution in [0.4, 0.5) is 11.4 Å². The van der Waals surface area contributed by atoms with Gasteiger partial charge in [0.05, 0.1) is 11.6 Å². The van der Waals surface area contributed by atoms with Crippen LogP contribution in [0, 0.1) is 5.92 Å². The lowest BCUT2D eigenvalue weighted by Crippen LogP contribution is -2.54. The number of thioether (sulfide) groups is 1. The number of benzene rings is 2. The van der Waals surface area contributed by atoms with Crippen molar-refractivity contribution >= 4 is 35.0 Å². The number of nitrogens with zero attached hydrogens (tertiary/aromatic N) is 1. The van der Waals surface area contributed by atoms with Gasteiger partial charge in [0.15, 0.2) is 5.37 Å². The Morgan fingerprint density at radius 3 is 2.58 bits per heavy atom. The van der Waals surface area contributed by atoms with E-state index in [0.717, 1.165) is 16.3 Å². The van der Waals surface area contributed by atoms with Gasteiger partial charge in [-0.2, -0.15) is 0 Å². The number of amides is 2. The summed E-state index contributed by atoms with van der Waals surface area (Å²) in [5, 5.41) is 7.53. The van der Waals surface area contributed by atoms with Crippen LogP contribution in [0.2, 0.25) is 0 Å². The Hall–Kier alpha value is -2.71. The fourth-order valence-electron chi connectivity index (χ4n) is 3.18. The maximum absolute atomic E-state index is 12.8. The molecule has 0 saturated carbocycles. The largest absolute Gasteiger partial charge is 0.369 e. The fraction of sp³-hybridized carbons (Fsp3) is 0.222. The fourth-order valence-corrected chi connectivity index (χ4v) is 4.20. The number of primary amides is 1. The molecular formula is C18H19N5O2S. The van der Waals surface area contributed by atoms with Gasteiger partial charge in [0.1, 0.15) is 6.17 Å². The van der Waals surface area contributed by atoms with Crippen molar-refractivity contribution in [2.45, 2.75) is 16.4 Å². The molecule has 134 valence electrons. The molecule has 2 aromatic carbocycles. The Morgan fingerprint density at radius 1 is 1.12 bits per heavy atom. The van der Waals surface area contributed by atoms with E-state index < -0.39 is 23.4 Å². The van der Waals surface area contributed by atoms with Crippen LogP contribution in [-0.2, 0) is 9.59 Å². The Labute approximate surface area is 155 Å². The Morgan fingerprint density at radius 2 is 1.85 bits per heavy atom. The molecule has 7 nitrogen and oxygen atoms in total. The highest BCUT2D eigenvalue weighted by Gasteiger charge is 2.40. The third-order valence-electron chi connectivity index (χ3n) is 4.49. The standard InChI is InChI=1S/C18H19N5O2S/c19-15(24)12-10-20-23(11-6-2-1-3-7-11)16(12)22-17(25)18-21-13-8-4-5-9-14(13)26-18/h1-9,12,16,18,20-21H,10H2,(H2,19,24)(H,22,25). The van der Waals surface area contributed by atoms with Crippen molar-refractivity contribution in [3.63, 3.8) is 0 Å². The molecule has 0 aromatic heterocycles. The third kappa shape index (κ3) is 3.09.